The first-order valence-electron chi connectivity index (χ1n) is 5.53. The standard InChI is InChI=1S/C12H14N2OS/c13-6-7-14(11-3-1-2-4-11)12(15)10-5-8-16-9-10/h5,8-9,11H,1-4,7H2. The topological polar surface area (TPSA) is 44.1 Å². The van der Waals surface area contributed by atoms with Gasteiger partial charge in [0.05, 0.1) is 11.6 Å². The van der Waals surface area contributed by atoms with E-state index in [4.69, 9.17) is 5.26 Å². The predicted octanol–water partition coefficient (Wildman–Crippen LogP) is 2.66. The SMILES string of the molecule is N#CCN(C(=O)c1ccsc1)C1CCCC1. The van der Waals surface area contributed by atoms with Crippen molar-refractivity contribution in [2.45, 2.75) is 31.7 Å². The average Bonchev–Trinajstić information content (AvgIpc) is 2.96. The van der Waals surface area contributed by atoms with E-state index >= 15 is 0 Å². The molecule has 2 rings (SSSR count). The van der Waals surface area contributed by atoms with Crippen molar-refractivity contribution in [3.8, 4) is 6.07 Å². The summed E-state index contributed by atoms with van der Waals surface area (Å²) < 4.78 is 0. The van der Waals surface area contributed by atoms with Gasteiger partial charge in [-0.1, -0.05) is 12.8 Å². The third kappa shape index (κ3) is 2.25. The smallest absolute Gasteiger partial charge is 0.255 e. The molecule has 3 nitrogen and oxygen atoms in total. The van der Waals surface area contributed by atoms with Gasteiger partial charge >= 0.3 is 0 Å². The quantitative estimate of drug-likeness (QED) is 0.755. The molecule has 1 aliphatic rings. The third-order valence-electron chi connectivity index (χ3n) is 3.04. The van der Waals surface area contributed by atoms with Gasteiger partial charge in [-0.2, -0.15) is 16.6 Å². The number of carbonyl (C=O) groups excluding carboxylic acids is 1. The second kappa shape index (κ2) is 5.13. The Bertz CT molecular complexity index is 388. The lowest BCUT2D eigenvalue weighted by Crippen LogP contribution is -2.38. The van der Waals surface area contributed by atoms with Crippen molar-refractivity contribution in [3.63, 3.8) is 0 Å². The first kappa shape index (κ1) is 11.2. The Hall–Kier alpha value is -1.34. The molecule has 0 saturated heterocycles. The van der Waals surface area contributed by atoms with Crippen molar-refractivity contribution >= 4 is 17.2 Å². The summed E-state index contributed by atoms with van der Waals surface area (Å²) in [4.78, 5) is 13.9. The number of rotatable bonds is 3. The minimum Gasteiger partial charge on any atom is -0.322 e. The van der Waals surface area contributed by atoms with Crippen molar-refractivity contribution in [2.75, 3.05) is 6.54 Å². The molecular weight excluding hydrogens is 220 g/mol. The van der Waals surface area contributed by atoms with Gasteiger partial charge in [-0.25, -0.2) is 0 Å². The first-order valence-corrected chi connectivity index (χ1v) is 6.47. The zero-order chi connectivity index (χ0) is 11.4. The van der Waals surface area contributed by atoms with Crippen LogP contribution in [0.25, 0.3) is 0 Å². The van der Waals surface area contributed by atoms with Crippen LogP contribution in [0.1, 0.15) is 36.0 Å². The maximum atomic E-state index is 12.2. The lowest BCUT2D eigenvalue weighted by molar-refractivity contribution is 0.0710. The van der Waals surface area contributed by atoms with E-state index in [1.165, 1.54) is 24.2 Å². The van der Waals surface area contributed by atoms with Crippen LogP contribution in [-0.2, 0) is 0 Å². The molecule has 1 aromatic heterocycles. The maximum Gasteiger partial charge on any atom is 0.255 e. The molecule has 0 atom stereocenters. The number of nitriles is 1. The van der Waals surface area contributed by atoms with E-state index in [0.717, 1.165) is 12.8 Å². The molecular formula is C12H14N2OS. The van der Waals surface area contributed by atoms with E-state index < -0.39 is 0 Å². The normalized spacial score (nSPS) is 15.9. The Balaban J connectivity index is 2.13. The lowest BCUT2D eigenvalue weighted by Gasteiger charge is -2.26. The number of hydrogen-bond donors (Lipinski definition) is 0. The van der Waals surface area contributed by atoms with Crippen LogP contribution in [0.5, 0.6) is 0 Å². The van der Waals surface area contributed by atoms with Gasteiger partial charge < -0.3 is 4.90 Å². The summed E-state index contributed by atoms with van der Waals surface area (Å²) in [7, 11) is 0. The van der Waals surface area contributed by atoms with E-state index in [9.17, 15) is 4.79 Å². The Morgan fingerprint density at radius 1 is 1.56 bits per heavy atom. The Morgan fingerprint density at radius 2 is 2.31 bits per heavy atom. The molecule has 1 aromatic rings. The molecule has 0 spiro atoms. The van der Waals surface area contributed by atoms with Crippen LogP contribution >= 0.6 is 11.3 Å². The van der Waals surface area contributed by atoms with E-state index in [1.54, 1.807) is 4.90 Å². The van der Waals surface area contributed by atoms with Crippen molar-refractivity contribution < 1.29 is 4.79 Å². The molecule has 0 N–H and O–H groups in total. The van der Waals surface area contributed by atoms with Crippen LogP contribution in [-0.4, -0.2) is 23.4 Å². The Morgan fingerprint density at radius 3 is 2.88 bits per heavy atom. The summed E-state index contributed by atoms with van der Waals surface area (Å²) in [5.41, 5.74) is 0.715. The van der Waals surface area contributed by atoms with Crippen LogP contribution in [0.2, 0.25) is 0 Å². The van der Waals surface area contributed by atoms with Crippen molar-refractivity contribution in [3.05, 3.63) is 22.4 Å². The molecule has 1 saturated carbocycles. The zero-order valence-electron chi connectivity index (χ0n) is 9.06. The highest BCUT2D eigenvalue weighted by molar-refractivity contribution is 7.08. The van der Waals surface area contributed by atoms with Gasteiger partial charge in [0.1, 0.15) is 6.54 Å². The Labute approximate surface area is 99.3 Å². The van der Waals surface area contributed by atoms with Crippen LogP contribution in [0.15, 0.2) is 16.8 Å². The highest BCUT2D eigenvalue weighted by atomic mass is 32.1. The molecule has 0 bridgehead atoms. The van der Waals surface area contributed by atoms with Crippen molar-refractivity contribution in [1.82, 2.24) is 4.90 Å². The molecule has 1 amide bonds. The second-order valence-corrected chi connectivity index (χ2v) is 4.82. The zero-order valence-corrected chi connectivity index (χ0v) is 9.87. The number of hydrogen-bond acceptors (Lipinski definition) is 3. The molecule has 0 unspecified atom stereocenters. The monoisotopic (exact) mass is 234 g/mol. The highest BCUT2D eigenvalue weighted by Crippen LogP contribution is 2.25. The fourth-order valence-electron chi connectivity index (χ4n) is 2.21. The maximum absolute atomic E-state index is 12.2. The van der Waals surface area contributed by atoms with Crippen LogP contribution in [0.3, 0.4) is 0 Å². The van der Waals surface area contributed by atoms with Gasteiger partial charge in [0.25, 0.3) is 5.91 Å². The summed E-state index contributed by atoms with van der Waals surface area (Å²) in [5, 5.41) is 12.5. The number of nitrogens with zero attached hydrogens (tertiary/aromatic N) is 2. The van der Waals surface area contributed by atoms with Crippen molar-refractivity contribution in [2.24, 2.45) is 0 Å². The van der Waals surface area contributed by atoms with Gasteiger partial charge in [-0.05, 0) is 24.3 Å². The molecule has 0 aliphatic heterocycles. The van der Waals surface area contributed by atoms with Crippen LogP contribution < -0.4 is 0 Å². The number of thiophene rings is 1. The third-order valence-corrected chi connectivity index (χ3v) is 3.72. The van der Waals surface area contributed by atoms with E-state index in [0.29, 0.717) is 5.56 Å². The molecule has 4 heteroatoms. The van der Waals surface area contributed by atoms with Gasteiger partial charge in [-0.3, -0.25) is 4.79 Å². The van der Waals surface area contributed by atoms with Gasteiger partial charge in [0.2, 0.25) is 0 Å². The minimum absolute atomic E-state index is 0.00898. The van der Waals surface area contributed by atoms with Crippen LogP contribution in [0, 0.1) is 11.3 Å². The van der Waals surface area contributed by atoms with Gasteiger partial charge in [-0.15, -0.1) is 0 Å². The average molecular weight is 234 g/mol. The summed E-state index contributed by atoms with van der Waals surface area (Å²) >= 11 is 1.52. The molecule has 1 fully saturated rings. The summed E-state index contributed by atoms with van der Waals surface area (Å²) in [6.45, 7) is 0.208. The molecule has 84 valence electrons. The van der Waals surface area contributed by atoms with E-state index in [-0.39, 0.29) is 18.5 Å². The molecule has 0 aromatic carbocycles. The summed E-state index contributed by atoms with van der Waals surface area (Å²) in [6.07, 6.45) is 4.42. The summed E-state index contributed by atoms with van der Waals surface area (Å²) in [6, 6.07) is 4.19. The largest absolute Gasteiger partial charge is 0.322 e. The molecule has 16 heavy (non-hydrogen) atoms. The lowest BCUT2D eigenvalue weighted by atomic mass is 10.2. The fraction of sp³-hybridized carbons (Fsp3) is 0.500. The van der Waals surface area contributed by atoms with Gasteiger partial charge in [0.15, 0.2) is 0 Å². The van der Waals surface area contributed by atoms with E-state index in [1.807, 2.05) is 16.8 Å². The first-order chi connectivity index (χ1) is 7.83. The molecule has 1 aliphatic carbocycles. The van der Waals surface area contributed by atoms with Crippen molar-refractivity contribution in [1.29, 1.82) is 5.26 Å². The number of amides is 1. The predicted molar refractivity (Wildman–Crippen MR) is 63.2 cm³/mol. The highest BCUT2D eigenvalue weighted by Gasteiger charge is 2.27. The molecule has 0 radical (unpaired) electrons. The molecule has 1 heterocycles. The number of carbonyl (C=O) groups is 1. The minimum atomic E-state index is 0.00898. The summed E-state index contributed by atoms with van der Waals surface area (Å²) in [5.74, 6) is 0.00898. The second-order valence-electron chi connectivity index (χ2n) is 4.04. The fourth-order valence-corrected chi connectivity index (χ4v) is 2.84. The van der Waals surface area contributed by atoms with E-state index in [2.05, 4.69) is 6.07 Å². The van der Waals surface area contributed by atoms with Gasteiger partial charge in [0, 0.05) is 11.4 Å². The Kier molecular flexibility index (Phi) is 3.58. The van der Waals surface area contributed by atoms with Crippen LogP contribution in [0.4, 0.5) is 0 Å².